The lowest BCUT2D eigenvalue weighted by Crippen LogP contribution is -2.46. The van der Waals surface area contributed by atoms with E-state index in [1.165, 1.54) is 30.5 Å². The molecule has 0 unspecified atom stereocenters. The topological polar surface area (TPSA) is 144 Å². The minimum Gasteiger partial charge on any atom is -0.508 e. The molecule has 1 aliphatic heterocycles. The number of phenols is 1. The molecule has 0 bridgehead atoms. The van der Waals surface area contributed by atoms with Crippen LogP contribution in [0.4, 0.5) is 19.4 Å². The summed E-state index contributed by atoms with van der Waals surface area (Å²) in [6, 6.07) is 5.65. The zero-order valence-corrected chi connectivity index (χ0v) is 24.0. The first-order valence-corrected chi connectivity index (χ1v) is 14.3. The largest absolute Gasteiger partial charge is 0.508 e. The van der Waals surface area contributed by atoms with Crippen LogP contribution in [0.1, 0.15) is 45.1 Å². The second kappa shape index (κ2) is 10.7. The minimum absolute atomic E-state index is 0.0700. The number of carbonyl (C=O) groups is 1. The highest BCUT2D eigenvalue weighted by Gasteiger charge is 2.45. The van der Waals surface area contributed by atoms with E-state index in [4.69, 9.17) is 15.2 Å². The molecular formula is C31H33F2N5O5. The number of phenolic OH excluding ortho intramolecular Hbond substituents is 1. The first kappa shape index (κ1) is 28.8. The fraction of sp³-hybridized carbons (Fsp3) is 0.419. The van der Waals surface area contributed by atoms with Gasteiger partial charge in [-0.1, -0.05) is 13.0 Å². The molecule has 12 heteroatoms. The maximum Gasteiger partial charge on any atom is 0.404 e. The molecule has 3 heterocycles. The molecule has 1 saturated heterocycles. The number of β-amino-alcohol motifs (C(OH)–C–C–N with tert-alkyl or cyclic N) is 1. The summed E-state index contributed by atoms with van der Waals surface area (Å²) in [5, 5.41) is 22.6. The maximum absolute atomic E-state index is 16.6. The molecule has 1 atom stereocenters. The second-order valence-electron chi connectivity index (χ2n) is 11.9. The van der Waals surface area contributed by atoms with Crippen LogP contribution < -0.4 is 15.4 Å². The third kappa shape index (κ3) is 5.58. The molecule has 4 aromatic rings. The molecule has 0 spiro atoms. The summed E-state index contributed by atoms with van der Waals surface area (Å²) in [6.45, 7) is 4.58. The Kier molecular flexibility index (Phi) is 7.19. The molecule has 2 aliphatic rings. The van der Waals surface area contributed by atoms with Crippen molar-refractivity contribution in [2.24, 2.45) is 11.1 Å². The molecule has 2 fully saturated rings. The minimum atomic E-state index is -0.978. The number of aromatic nitrogens is 3. The predicted octanol–water partition coefficient (Wildman–Crippen LogP) is 5.00. The summed E-state index contributed by atoms with van der Waals surface area (Å²) < 4.78 is 42.4. The summed E-state index contributed by atoms with van der Waals surface area (Å²) in [6.07, 6.45) is 3.72. The van der Waals surface area contributed by atoms with Gasteiger partial charge in [0.2, 0.25) is 0 Å². The average Bonchev–Trinajstić information content (AvgIpc) is 3.74. The monoisotopic (exact) mass is 593 g/mol. The normalized spacial score (nSPS) is 19.5. The number of nitrogens with two attached hydrogens (primary N) is 1. The number of carbonyl (C=O) groups excluding carboxylic acids is 1. The van der Waals surface area contributed by atoms with Gasteiger partial charge in [0.1, 0.15) is 41.8 Å². The average molecular weight is 594 g/mol. The molecule has 2 aromatic heterocycles. The Balaban J connectivity index is 1.49. The number of nitrogens with zero attached hydrogens (tertiary/aromatic N) is 4. The number of primary amides is 1. The Bertz CT molecular complexity index is 1740. The number of amides is 1. The van der Waals surface area contributed by atoms with Crippen molar-refractivity contribution in [3.63, 3.8) is 0 Å². The van der Waals surface area contributed by atoms with E-state index in [1.807, 2.05) is 4.90 Å². The predicted molar refractivity (Wildman–Crippen MR) is 156 cm³/mol. The van der Waals surface area contributed by atoms with Crippen molar-refractivity contribution in [1.29, 1.82) is 0 Å². The van der Waals surface area contributed by atoms with Gasteiger partial charge in [0.25, 0.3) is 0 Å². The molecule has 0 radical (unpaired) electrons. The van der Waals surface area contributed by atoms with Crippen LogP contribution in [0.25, 0.3) is 32.9 Å². The summed E-state index contributed by atoms with van der Waals surface area (Å²) in [4.78, 5) is 26.5. The van der Waals surface area contributed by atoms with Gasteiger partial charge >= 0.3 is 12.1 Å². The number of aromatic hydroxyl groups is 1. The fourth-order valence-electron chi connectivity index (χ4n) is 5.90. The summed E-state index contributed by atoms with van der Waals surface area (Å²) in [5.74, 6) is -0.980. The number of aliphatic hydroxyl groups is 1. The second-order valence-corrected chi connectivity index (χ2v) is 11.9. The Morgan fingerprint density at radius 1 is 1.16 bits per heavy atom. The lowest BCUT2D eigenvalue weighted by molar-refractivity contribution is 0.0447. The van der Waals surface area contributed by atoms with E-state index < -0.39 is 28.7 Å². The van der Waals surface area contributed by atoms with E-state index in [-0.39, 0.29) is 48.3 Å². The number of fused-ring (bicyclic) bond motifs is 2. The van der Waals surface area contributed by atoms with Gasteiger partial charge in [0.05, 0.1) is 11.0 Å². The summed E-state index contributed by atoms with van der Waals surface area (Å²) in [7, 11) is 0. The third-order valence-electron chi connectivity index (χ3n) is 8.36. The number of hydrogen-bond acceptors (Lipinski definition) is 9. The van der Waals surface area contributed by atoms with Crippen molar-refractivity contribution >= 4 is 33.6 Å². The first-order valence-electron chi connectivity index (χ1n) is 14.3. The van der Waals surface area contributed by atoms with Gasteiger partial charge in [-0.2, -0.15) is 9.97 Å². The van der Waals surface area contributed by atoms with Crippen LogP contribution in [0.2, 0.25) is 0 Å². The van der Waals surface area contributed by atoms with E-state index >= 15 is 4.39 Å². The third-order valence-corrected chi connectivity index (χ3v) is 8.36. The number of benzene rings is 2. The van der Waals surface area contributed by atoms with Gasteiger partial charge in [-0.3, -0.25) is 4.98 Å². The molecule has 1 saturated carbocycles. The molecule has 1 amide bonds. The molecule has 6 rings (SSSR count). The van der Waals surface area contributed by atoms with Crippen molar-refractivity contribution in [3.8, 4) is 23.0 Å². The van der Waals surface area contributed by atoms with Crippen molar-refractivity contribution in [1.82, 2.24) is 15.0 Å². The van der Waals surface area contributed by atoms with Crippen LogP contribution >= 0.6 is 0 Å². The van der Waals surface area contributed by atoms with Gasteiger partial charge < -0.3 is 30.3 Å². The SMILES string of the molecule is CCc1c(F)ccc2cc(O)cc(-c3ncc4c(N5CCC[C@@](C)(O)C5)nc(OCC5(COC(N)=O)CC5)nc4c3F)c12. The molecule has 10 nitrogen and oxygen atoms in total. The number of aryl methyl sites for hydroxylation is 1. The molecule has 43 heavy (non-hydrogen) atoms. The van der Waals surface area contributed by atoms with Crippen LogP contribution in [0.15, 0.2) is 30.5 Å². The van der Waals surface area contributed by atoms with Gasteiger partial charge in [0, 0.05) is 30.3 Å². The number of anilines is 1. The smallest absolute Gasteiger partial charge is 0.404 e. The first-order chi connectivity index (χ1) is 20.5. The lowest BCUT2D eigenvalue weighted by Gasteiger charge is -2.37. The number of piperidine rings is 1. The van der Waals surface area contributed by atoms with Crippen LogP contribution in [-0.4, -0.2) is 63.2 Å². The van der Waals surface area contributed by atoms with E-state index in [1.54, 1.807) is 13.8 Å². The Morgan fingerprint density at radius 3 is 2.65 bits per heavy atom. The molecule has 2 aromatic carbocycles. The highest BCUT2D eigenvalue weighted by molar-refractivity contribution is 6.01. The molecule has 4 N–H and O–H groups in total. The van der Waals surface area contributed by atoms with E-state index in [2.05, 4.69) is 15.0 Å². The van der Waals surface area contributed by atoms with Gasteiger partial charge in [-0.05, 0) is 73.6 Å². The van der Waals surface area contributed by atoms with Crippen LogP contribution in [0, 0.1) is 17.0 Å². The zero-order valence-electron chi connectivity index (χ0n) is 24.0. The number of hydrogen-bond donors (Lipinski definition) is 3. The summed E-state index contributed by atoms with van der Waals surface area (Å²) in [5.41, 5.74) is 4.16. The van der Waals surface area contributed by atoms with Gasteiger partial charge in [0.15, 0.2) is 5.82 Å². The van der Waals surface area contributed by atoms with Crippen molar-refractivity contribution < 1.29 is 33.3 Å². The van der Waals surface area contributed by atoms with Gasteiger partial charge in [-0.15, -0.1) is 0 Å². The van der Waals surface area contributed by atoms with Crippen LogP contribution in [0.5, 0.6) is 11.8 Å². The molecule has 1 aliphatic carbocycles. The lowest BCUT2D eigenvalue weighted by atomic mass is 9.94. The van der Waals surface area contributed by atoms with Crippen molar-refractivity contribution in [2.75, 3.05) is 31.2 Å². The Labute approximate surface area is 246 Å². The maximum atomic E-state index is 16.6. The highest BCUT2D eigenvalue weighted by atomic mass is 19.1. The van der Waals surface area contributed by atoms with Gasteiger partial charge in [-0.25, -0.2) is 13.6 Å². The standard InChI is InChI=1S/C31H33F2N5O5/c1-3-19-22(32)6-5-17-11-18(39)12-20(23(17)19)25-24(33)26-21(13-35-25)27(38-10-4-7-30(2,41)14-38)37-29(36-26)43-16-31(8-9-31)15-42-28(34)40/h5-6,11-13,39,41H,3-4,7-10,14-16H2,1-2H3,(H2,34,40)/t30-/m1/s1. The number of halogens is 2. The fourth-order valence-corrected chi connectivity index (χ4v) is 5.90. The Hall–Kier alpha value is -4.32. The highest BCUT2D eigenvalue weighted by Crippen LogP contribution is 2.46. The number of pyridine rings is 1. The van der Waals surface area contributed by atoms with Crippen molar-refractivity contribution in [2.45, 2.75) is 51.6 Å². The summed E-state index contributed by atoms with van der Waals surface area (Å²) >= 11 is 0. The zero-order chi connectivity index (χ0) is 30.5. The van der Waals surface area contributed by atoms with E-state index in [0.29, 0.717) is 53.3 Å². The Morgan fingerprint density at radius 2 is 1.95 bits per heavy atom. The van der Waals surface area contributed by atoms with E-state index in [0.717, 1.165) is 12.8 Å². The van der Waals surface area contributed by atoms with Crippen LogP contribution in [-0.2, 0) is 11.2 Å². The van der Waals surface area contributed by atoms with Crippen molar-refractivity contribution in [3.05, 3.63) is 47.7 Å². The molecule has 226 valence electrons. The van der Waals surface area contributed by atoms with E-state index in [9.17, 15) is 19.4 Å². The quantitative estimate of drug-likeness (QED) is 0.257. The number of ether oxygens (including phenoxy) is 2. The number of rotatable bonds is 8. The van der Waals surface area contributed by atoms with Crippen LogP contribution in [0.3, 0.4) is 0 Å². The molecular weight excluding hydrogens is 560 g/mol.